The summed E-state index contributed by atoms with van der Waals surface area (Å²) in [4.78, 5) is 90.6. The minimum Gasteiger partial charge on any atom is -0.480 e. The largest absolute Gasteiger partial charge is 0.480 e. The summed E-state index contributed by atoms with van der Waals surface area (Å²) in [5, 5.41) is 114. The molecule has 3 rings (SSSR count). The molecule has 3 heterocycles. The SMILES string of the molecule is C=CC1C(OCCOCCOCCOCC(=O)NC(CCCCNC(=O)COCCOCCOCCOC2CC(O)C(O)C(CO)O2)C(=O)NC(CCCCNC(=O)COCCOCCOCCOC2CC(O)C(O)C(CO)O2)C(=O)NC(CCCCNC(C)=O)C(=O)O)OC(CO)C(O)C1O. The number of ether oxygens (including phenoxy) is 15. The number of carbonyl (C=O) groups excluding carboxylic acids is 6. The highest BCUT2D eigenvalue weighted by atomic mass is 16.7. The lowest BCUT2D eigenvalue weighted by atomic mass is 9.91. The van der Waals surface area contributed by atoms with Gasteiger partial charge in [0.1, 0.15) is 74.6 Å². The summed E-state index contributed by atoms with van der Waals surface area (Å²) < 4.78 is 82.3. The van der Waals surface area contributed by atoms with Gasteiger partial charge >= 0.3 is 5.97 Å². The Hall–Kier alpha value is -4.93. The van der Waals surface area contributed by atoms with Crippen molar-refractivity contribution < 1.29 is 156 Å². The molecule has 16 unspecified atom stereocenters. The Morgan fingerprint density at radius 2 is 0.765 bits per heavy atom. The van der Waals surface area contributed by atoms with E-state index in [-0.39, 0.29) is 203 Å². The molecule has 0 radical (unpaired) electrons. The van der Waals surface area contributed by atoms with Crippen molar-refractivity contribution in [2.24, 2.45) is 5.92 Å². The first-order valence-corrected chi connectivity index (χ1v) is 34.7. The van der Waals surface area contributed by atoms with Gasteiger partial charge in [0.15, 0.2) is 18.9 Å². The van der Waals surface area contributed by atoms with Crippen LogP contribution in [0.15, 0.2) is 12.7 Å². The Morgan fingerprint density at radius 1 is 0.422 bits per heavy atom. The van der Waals surface area contributed by atoms with E-state index < -0.39 is 160 Å². The zero-order valence-corrected chi connectivity index (χ0v) is 58.3. The summed E-state index contributed by atoms with van der Waals surface area (Å²) in [5.74, 6) is -5.55. The van der Waals surface area contributed by atoms with Gasteiger partial charge in [-0.1, -0.05) is 6.08 Å². The molecule has 38 nitrogen and oxygen atoms in total. The van der Waals surface area contributed by atoms with E-state index in [0.29, 0.717) is 25.7 Å². The quantitative estimate of drug-likeness (QED) is 0.0199. The third kappa shape index (κ3) is 40.0. The molecule has 0 spiro atoms. The fraction of sp³-hybridized carbons (Fsp3) is 0.859. The summed E-state index contributed by atoms with van der Waals surface area (Å²) in [7, 11) is 0. The Kier molecular flexibility index (Phi) is 50.5. The van der Waals surface area contributed by atoms with Gasteiger partial charge < -0.3 is 154 Å². The molecule has 3 aliphatic heterocycles. The first kappa shape index (κ1) is 91.3. The van der Waals surface area contributed by atoms with E-state index in [0.717, 1.165) is 0 Å². The number of hydrogen-bond acceptors (Lipinski definition) is 31. The first-order chi connectivity index (χ1) is 49.2. The second kappa shape index (κ2) is 56.4. The molecule has 0 aromatic carbocycles. The van der Waals surface area contributed by atoms with E-state index >= 15 is 0 Å². The van der Waals surface area contributed by atoms with Gasteiger partial charge in [-0.15, -0.1) is 6.58 Å². The molecule has 16 N–H and O–H groups in total. The molecular weight excluding hydrogens is 1360 g/mol. The Balaban J connectivity index is 1.49. The average Bonchev–Trinajstić information content (AvgIpc) is 0.820. The van der Waals surface area contributed by atoms with Gasteiger partial charge in [0.2, 0.25) is 35.4 Å². The van der Waals surface area contributed by atoms with Crippen LogP contribution in [-0.2, 0) is 105 Å². The highest BCUT2D eigenvalue weighted by Gasteiger charge is 2.44. The number of aliphatic carboxylic acids is 1. The fourth-order valence-electron chi connectivity index (χ4n) is 10.2. The van der Waals surface area contributed by atoms with Crippen molar-refractivity contribution in [3.8, 4) is 0 Å². The lowest BCUT2D eigenvalue weighted by molar-refractivity contribution is -0.278. The number of carbonyl (C=O) groups is 7. The summed E-state index contributed by atoms with van der Waals surface area (Å²) in [5.41, 5.74) is 0. The van der Waals surface area contributed by atoms with Crippen molar-refractivity contribution >= 4 is 41.4 Å². The highest BCUT2D eigenvalue weighted by Crippen LogP contribution is 2.28. The maximum atomic E-state index is 14.2. The van der Waals surface area contributed by atoms with Gasteiger partial charge in [-0.3, -0.25) is 28.8 Å². The van der Waals surface area contributed by atoms with Gasteiger partial charge in [-0.05, 0) is 57.8 Å². The van der Waals surface area contributed by atoms with E-state index in [4.69, 9.17) is 71.1 Å². The summed E-state index contributed by atoms with van der Waals surface area (Å²) in [6, 6.07) is -3.96. The lowest BCUT2D eigenvalue weighted by Crippen LogP contribution is -2.56. The molecule has 3 fully saturated rings. The molecule has 102 heavy (non-hydrogen) atoms. The van der Waals surface area contributed by atoms with Crippen molar-refractivity contribution in [2.45, 2.75) is 169 Å². The van der Waals surface area contributed by atoms with Crippen LogP contribution in [0.2, 0.25) is 0 Å². The van der Waals surface area contributed by atoms with Crippen LogP contribution in [-0.4, -0.2) is 363 Å². The lowest BCUT2D eigenvalue weighted by Gasteiger charge is -2.40. The van der Waals surface area contributed by atoms with Crippen LogP contribution in [0.1, 0.15) is 77.6 Å². The van der Waals surface area contributed by atoms with Crippen molar-refractivity contribution in [2.75, 3.05) is 178 Å². The van der Waals surface area contributed by atoms with Crippen LogP contribution in [0.4, 0.5) is 0 Å². The maximum absolute atomic E-state index is 14.2. The summed E-state index contributed by atoms with van der Waals surface area (Å²) in [6.07, 6.45) is -9.44. The molecule has 16 atom stereocenters. The number of nitrogens with one attached hydrogen (secondary N) is 6. The third-order valence-electron chi connectivity index (χ3n) is 15.8. The number of unbranched alkanes of at least 4 members (excludes halogenated alkanes) is 3. The Labute approximate surface area is 593 Å². The van der Waals surface area contributed by atoms with E-state index in [9.17, 15) is 84.6 Å². The number of carboxylic acids is 1. The molecule has 3 saturated heterocycles. The molecule has 6 amide bonds. The van der Waals surface area contributed by atoms with Crippen LogP contribution in [0.25, 0.3) is 0 Å². The van der Waals surface area contributed by atoms with Gasteiger partial charge in [0.25, 0.3) is 0 Å². The van der Waals surface area contributed by atoms with Crippen LogP contribution < -0.4 is 31.9 Å². The minimum atomic E-state index is -1.37. The number of hydrogen-bond donors (Lipinski definition) is 16. The normalized spacial score (nSPS) is 24.4. The van der Waals surface area contributed by atoms with E-state index in [2.05, 4.69) is 38.5 Å². The topological polar surface area (TPSA) is 532 Å². The molecule has 38 heteroatoms. The zero-order valence-electron chi connectivity index (χ0n) is 58.3. The van der Waals surface area contributed by atoms with Crippen molar-refractivity contribution in [3.05, 3.63) is 12.7 Å². The van der Waals surface area contributed by atoms with Crippen molar-refractivity contribution in [1.82, 2.24) is 31.9 Å². The van der Waals surface area contributed by atoms with Crippen molar-refractivity contribution in [1.29, 1.82) is 0 Å². The monoisotopic (exact) mass is 1480 g/mol. The second-order valence-corrected chi connectivity index (χ2v) is 23.9. The smallest absolute Gasteiger partial charge is 0.326 e. The molecule has 0 aromatic heterocycles. The minimum absolute atomic E-state index is 0.00671. The third-order valence-corrected chi connectivity index (χ3v) is 15.8. The van der Waals surface area contributed by atoms with Crippen LogP contribution >= 0.6 is 0 Å². The second-order valence-electron chi connectivity index (χ2n) is 23.9. The Bertz CT molecular complexity index is 2290. The molecule has 592 valence electrons. The van der Waals surface area contributed by atoms with Crippen LogP contribution in [0, 0.1) is 5.92 Å². The summed E-state index contributed by atoms with van der Waals surface area (Å²) in [6.45, 7) is 5.42. The van der Waals surface area contributed by atoms with Gasteiger partial charge in [-0.25, -0.2) is 4.79 Å². The highest BCUT2D eigenvalue weighted by molar-refractivity contribution is 5.93. The zero-order chi connectivity index (χ0) is 74.7. The standard InChI is InChI=1S/C64H114N6O32/c1-3-43-57(80)60(83)51(38-73)102-64(43)99-33-30-93-21-18-90-24-27-96-41-54(79)68-44(10-4-8-14-66-52(77)39-94-25-22-88-16-19-91-28-31-97-55-34-47(75)58(81)49(36-71)100-55)61(84)69-45(62(85)70-46(63(86)87)12-6-7-13-65-42(2)74)11-5-9-15-67-53(78)40-95-26-23-89-17-20-92-29-32-98-56-35-48(76)59(82)50(37-72)101-56/h3,43-51,55-60,64,71-73,75-76,80-83H,1,4-41H2,2H3,(H,65,74)(H,66,77)(H,67,78)(H,68,79)(H,69,84)(H,70,85)(H,86,87). The summed E-state index contributed by atoms with van der Waals surface area (Å²) >= 11 is 0. The predicted octanol–water partition coefficient (Wildman–Crippen LogP) is -6.50. The first-order valence-electron chi connectivity index (χ1n) is 34.7. The number of aliphatic hydroxyl groups excluding tert-OH is 9. The van der Waals surface area contributed by atoms with E-state index in [1.807, 2.05) is 0 Å². The number of amides is 6. The molecular formula is C64H114N6O32. The van der Waals surface area contributed by atoms with Crippen molar-refractivity contribution in [3.63, 3.8) is 0 Å². The maximum Gasteiger partial charge on any atom is 0.326 e. The molecule has 3 aliphatic rings. The van der Waals surface area contributed by atoms with Gasteiger partial charge in [0.05, 0.1) is 163 Å². The van der Waals surface area contributed by atoms with E-state index in [1.54, 1.807) is 0 Å². The molecule has 0 aromatic rings. The number of carboxylic acid groups (broad SMARTS) is 1. The van der Waals surface area contributed by atoms with Crippen LogP contribution in [0.5, 0.6) is 0 Å². The van der Waals surface area contributed by atoms with Crippen LogP contribution in [0.3, 0.4) is 0 Å². The molecule has 0 saturated carbocycles. The van der Waals surface area contributed by atoms with Gasteiger partial charge in [-0.2, -0.15) is 0 Å². The number of rotatable bonds is 61. The Morgan fingerprint density at radius 3 is 1.16 bits per heavy atom. The predicted molar refractivity (Wildman–Crippen MR) is 351 cm³/mol. The fourth-order valence-corrected chi connectivity index (χ4v) is 10.2. The number of aliphatic hydroxyl groups is 9. The molecule has 0 bridgehead atoms. The average molecular weight is 1480 g/mol. The van der Waals surface area contributed by atoms with Gasteiger partial charge in [0, 0.05) is 39.4 Å². The molecule has 0 aliphatic carbocycles. The van der Waals surface area contributed by atoms with E-state index in [1.165, 1.54) is 13.0 Å².